The van der Waals surface area contributed by atoms with Crippen LogP contribution in [0.4, 0.5) is 0 Å². The molecule has 6 heteroatoms. The van der Waals surface area contributed by atoms with Crippen LogP contribution in [0.15, 0.2) is 12.4 Å². The number of carbonyl (C=O) groups excluding carboxylic acids is 1. The number of nitrogens with two attached hydrogens (primary N) is 1. The summed E-state index contributed by atoms with van der Waals surface area (Å²) in [4.78, 5) is 18.1. The van der Waals surface area contributed by atoms with Crippen LogP contribution in [-0.2, 0) is 17.9 Å². The molecule has 0 bridgehead atoms. The Bertz CT molecular complexity index is 393. The standard InChI is InChI=1S/C11H18N4OS/c1-17-7-2-9(12)11(16)15-6-5-14-4-3-13-10(14)8-15/h3-4,9H,2,5-8,12H2,1H3/t9-/m1/s1. The van der Waals surface area contributed by atoms with E-state index >= 15 is 0 Å². The molecule has 0 unspecified atom stereocenters. The van der Waals surface area contributed by atoms with Gasteiger partial charge in [-0.1, -0.05) is 0 Å². The molecule has 1 amide bonds. The Morgan fingerprint density at radius 1 is 1.65 bits per heavy atom. The van der Waals surface area contributed by atoms with Crippen LogP contribution in [0.25, 0.3) is 0 Å². The Hall–Kier alpha value is -1.01. The summed E-state index contributed by atoms with van der Waals surface area (Å²) >= 11 is 1.72. The second kappa shape index (κ2) is 5.55. The molecule has 0 saturated carbocycles. The summed E-state index contributed by atoms with van der Waals surface area (Å²) in [6.45, 7) is 2.13. The van der Waals surface area contributed by atoms with E-state index in [1.807, 2.05) is 17.4 Å². The predicted molar refractivity (Wildman–Crippen MR) is 68.6 cm³/mol. The van der Waals surface area contributed by atoms with E-state index in [0.717, 1.165) is 31.1 Å². The first kappa shape index (κ1) is 12.4. The molecule has 0 spiro atoms. The lowest BCUT2D eigenvalue weighted by molar-refractivity contribution is -0.134. The minimum absolute atomic E-state index is 0.0494. The van der Waals surface area contributed by atoms with Crippen molar-refractivity contribution < 1.29 is 4.79 Å². The van der Waals surface area contributed by atoms with Gasteiger partial charge in [0.15, 0.2) is 0 Å². The molecule has 0 radical (unpaired) electrons. The van der Waals surface area contributed by atoms with Crippen LogP contribution >= 0.6 is 11.8 Å². The van der Waals surface area contributed by atoms with Gasteiger partial charge in [0.25, 0.3) is 0 Å². The number of hydrogen-bond donors (Lipinski definition) is 1. The van der Waals surface area contributed by atoms with Gasteiger partial charge in [-0.3, -0.25) is 4.79 Å². The van der Waals surface area contributed by atoms with E-state index in [-0.39, 0.29) is 11.9 Å². The fourth-order valence-corrected chi connectivity index (χ4v) is 2.45. The maximum atomic E-state index is 12.1. The number of thioether (sulfide) groups is 1. The molecule has 5 nitrogen and oxygen atoms in total. The quantitative estimate of drug-likeness (QED) is 0.839. The van der Waals surface area contributed by atoms with Crippen LogP contribution in [0.5, 0.6) is 0 Å². The number of amides is 1. The molecule has 1 aliphatic rings. The summed E-state index contributed by atoms with van der Waals surface area (Å²) in [7, 11) is 0. The van der Waals surface area contributed by atoms with Gasteiger partial charge in [0.2, 0.25) is 5.91 Å². The zero-order valence-electron chi connectivity index (χ0n) is 10.0. The Morgan fingerprint density at radius 3 is 3.24 bits per heavy atom. The molecule has 0 aromatic carbocycles. The summed E-state index contributed by atoms with van der Waals surface area (Å²) in [5.41, 5.74) is 5.90. The molecule has 0 saturated heterocycles. The maximum Gasteiger partial charge on any atom is 0.239 e. The van der Waals surface area contributed by atoms with E-state index in [0.29, 0.717) is 6.54 Å². The van der Waals surface area contributed by atoms with Crippen LogP contribution in [0, 0.1) is 0 Å². The zero-order chi connectivity index (χ0) is 12.3. The van der Waals surface area contributed by atoms with Crippen LogP contribution in [0.1, 0.15) is 12.2 Å². The summed E-state index contributed by atoms with van der Waals surface area (Å²) in [6, 6.07) is -0.371. The molecular formula is C11H18N4OS. The van der Waals surface area contributed by atoms with Crippen LogP contribution in [-0.4, -0.2) is 45.0 Å². The molecule has 2 N–H and O–H groups in total. The van der Waals surface area contributed by atoms with E-state index in [4.69, 9.17) is 5.73 Å². The van der Waals surface area contributed by atoms with E-state index < -0.39 is 0 Å². The first-order valence-corrected chi connectivity index (χ1v) is 7.15. The number of aromatic nitrogens is 2. The Kier molecular flexibility index (Phi) is 4.06. The zero-order valence-corrected chi connectivity index (χ0v) is 10.8. The third kappa shape index (κ3) is 2.81. The van der Waals surface area contributed by atoms with E-state index in [1.165, 1.54) is 0 Å². The number of nitrogens with zero attached hydrogens (tertiary/aromatic N) is 3. The van der Waals surface area contributed by atoms with Crippen molar-refractivity contribution in [3.05, 3.63) is 18.2 Å². The molecule has 1 aromatic heterocycles. The van der Waals surface area contributed by atoms with Gasteiger partial charge in [-0.05, 0) is 18.4 Å². The van der Waals surface area contributed by atoms with Crippen molar-refractivity contribution in [2.75, 3.05) is 18.6 Å². The van der Waals surface area contributed by atoms with E-state index in [2.05, 4.69) is 9.55 Å². The normalized spacial score (nSPS) is 16.7. The van der Waals surface area contributed by atoms with Gasteiger partial charge in [-0.2, -0.15) is 11.8 Å². The van der Waals surface area contributed by atoms with Crippen LogP contribution in [0.2, 0.25) is 0 Å². The van der Waals surface area contributed by atoms with Gasteiger partial charge in [0.1, 0.15) is 5.82 Å². The summed E-state index contributed by atoms with van der Waals surface area (Å²) in [5.74, 6) is 1.92. The SMILES string of the molecule is CSCC[C@@H](N)C(=O)N1CCn2ccnc2C1. The summed E-state index contributed by atoms with van der Waals surface area (Å²) in [6.07, 6.45) is 6.49. The monoisotopic (exact) mass is 254 g/mol. The number of imidazole rings is 1. The van der Waals surface area contributed by atoms with Crippen molar-refractivity contribution >= 4 is 17.7 Å². The molecule has 0 aliphatic carbocycles. The van der Waals surface area contributed by atoms with E-state index in [1.54, 1.807) is 18.0 Å². The van der Waals surface area contributed by atoms with Gasteiger partial charge in [0, 0.05) is 25.5 Å². The number of hydrogen-bond acceptors (Lipinski definition) is 4. The Morgan fingerprint density at radius 2 is 2.47 bits per heavy atom. The molecule has 1 aromatic rings. The second-order valence-corrected chi connectivity index (χ2v) is 5.17. The first-order chi connectivity index (χ1) is 8.22. The van der Waals surface area contributed by atoms with Gasteiger partial charge in [0.05, 0.1) is 12.6 Å². The molecule has 0 fully saturated rings. The highest BCUT2D eigenvalue weighted by Gasteiger charge is 2.24. The topological polar surface area (TPSA) is 64.2 Å². The maximum absolute atomic E-state index is 12.1. The second-order valence-electron chi connectivity index (χ2n) is 4.18. The Balaban J connectivity index is 1.93. The number of carbonyl (C=O) groups is 1. The highest BCUT2D eigenvalue weighted by molar-refractivity contribution is 7.98. The smallest absolute Gasteiger partial charge is 0.239 e. The van der Waals surface area contributed by atoms with Gasteiger partial charge < -0.3 is 15.2 Å². The average molecular weight is 254 g/mol. The Labute approximate surface area is 105 Å². The van der Waals surface area contributed by atoms with Crippen molar-refractivity contribution in [2.45, 2.75) is 25.6 Å². The largest absolute Gasteiger partial charge is 0.332 e. The lowest BCUT2D eigenvalue weighted by atomic mass is 10.2. The van der Waals surface area contributed by atoms with E-state index in [9.17, 15) is 4.79 Å². The molecule has 1 atom stereocenters. The third-order valence-corrected chi connectivity index (χ3v) is 3.65. The lowest BCUT2D eigenvalue weighted by Crippen LogP contribution is -2.47. The van der Waals surface area contributed by atoms with Crippen LogP contribution < -0.4 is 5.73 Å². The van der Waals surface area contributed by atoms with Gasteiger partial charge in [-0.15, -0.1) is 0 Å². The number of fused-ring (bicyclic) bond motifs is 1. The minimum Gasteiger partial charge on any atom is -0.332 e. The lowest BCUT2D eigenvalue weighted by Gasteiger charge is -2.29. The highest BCUT2D eigenvalue weighted by atomic mass is 32.2. The van der Waals surface area contributed by atoms with Gasteiger partial charge in [-0.25, -0.2) is 4.98 Å². The summed E-state index contributed by atoms with van der Waals surface area (Å²) in [5, 5.41) is 0. The molecular weight excluding hydrogens is 236 g/mol. The fraction of sp³-hybridized carbons (Fsp3) is 0.636. The van der Waals surface area contributed by atoms with Gasteiger partial charge >= 0.3 is 0 Å². The molecule has 17 heavy (non-hydrogen) atoms. The molecule has 94 valence electrons. The molecule has 2 rings (SSSR count). The average Bonchev–Trinajstić information content (AvgIpc) is 2.81. The number of rotatable bonds is 4. The van der Waals surface area contributed by atoms with Crippen molar-refractivity contribution in [1.82, 2.24) is 14.5 Å². The van der Waals surface area contributed by atoms with Crippen molar-refractivity contribution in [1.29, 1.82) is 0 Å². The van der Waals surface area contributed by atoms with Crippen molar-refractivity contribution in [2.24, 2.45) is 5.73 Å². The van der Waals surface area contributed by atoms with Crippen LogP contribution in [0.3, 0.4) is 0 Å². The molecule has 1 aliphatic heterocycles. The molecule has 2 heterocycles. The highest BCUT2D eigenvalue weighted by Crippen LogP contribution is 2.12. The minimum atomic E-state index is -0.371. The summed E-state index contributed by atoms with van der Waals surface area (Å²) < 4.78 is 2.08. The first-order valence-electron chi connectivity index (χ1n) is 5.75. The fourth-order valence-electron chi connectivity index (χ4n) is 1.96. The third-order valence-electron chi connectivity index (χ3n) is 3.01. The van der Waals surface area contributed by atoms with Crippen molar-refractivity contribution in [3.8, 4) is 0 Å². The predicted octanol–water partition coefficient (Wildman–Crippen LogP) is 0.306. The van der Waals surface area contributed by atoms with Crippen molar-refractivity contribution in [3.63, 3.8) is 0 Å².